The van der Waals surface area contributed by atoms with Crippen molar-refractivity contribution in [2.45, 2.75) is 38.9 Å². The van der Waals surface area contributed by atoms with Gasteiger partial charge in [0.15, 0.2) is 0 Å². The minimum atomic E-state index is -0.300. The first-order chi connectivity index (χ1) is 7.02. The summed E-state index contributed by atoms with van der Waals surface area (Å²) in [5, 5.41) is 0. The number of hydrogen-bond acceptors (Lipinski definition) is 4. The fourth-order valence-electron chi connectivity index (χ4n) is 3.61. The van der Waals surface area contributed by atoms with Gasteiger partial charge in [-0.15, -0.1) is 0 Å². The highest BCUT2D eigenvalue weighted by Crippen LogP contribution is 2.62. The highest BCUT2D eigenvalue weighted by atomic mass is 16.6. The van der Waals surface area contributed by atoms with Crippen molar-refractivity contribution in [1.82, 2.24) is 0 Å². The van der Waals surface area contributed by atoms with E-state index in [-0.39, 0.29) is 35.5 Å². The Morgan fingerprint density at radius 2 is 2.33 bits per heavy atom. The van der Waals surface area contributed by atoms with Crippen LogP contribution in [0.25, 0.3) is 0 Å². The maximum Gasteiger partial charge on any atom is 0.312 e. The molecule has 0 aromatic rings. The Bertz CT molecular complexity index is 350. The third-order valence-corrected chi connectivity index (χ3v) is 4.26. The predicted octanol–water partition coefficient (Wildman–Crippen LogP) is 0.890. The minimum absolute atomic E-state index is 0.102. The molecule has 0 N–H and O–H groups in total. The van der Waals surface area contributed by atoms with E-state index < -0.39 is 0 Å². The zero-order valence-electron chi connectivity index (χ0n) is 8.86. The summed E-state index contributed by atoms with van der Waals surface area (Å²) >= 11 is 0. The van der Waals surface area contributed by atoms with Crippen molar-refractivity contribution in [3.8, 4) is 0 Å². The fraction of sp³-hybridized carbons (Fsp3) is 0.818. The molecule has 1 heterocycles. The summed E-state index contributed by atoms with van der Waals surface area (Å²) in [6.07, 6.45) is 1.41. The Morgan fingerprint density at radius 3 is 3.00 bits per heavy atom. The monoisotopic (exact) mass is 210 g/mol. The van der Waals surface area contributed by atoms with Gasteiger partial charge in [0.05, 0.1) is 5.41 Å². The van der Waals surface area contributed by atoms with Gasteiger partial charge in [-0.25, -0.2) is 0 Å². The summed E-state index contributed by atoms with van der Waals surface area (Å²) < 4.78 is 10.6. The third-order valence-electron chi connectivity index (χ3n) is 4.26. The van der Waals surface area contributed by atoms with Gasteiger partial charge in [0.1, 0.15) is 12.2 Å². The van der Waals surface area contributed by atoms with Gasteiger partial charge in [-0.05, 0) is 19.8 Å². The fourth-order valence-corrected chi connectivity index (χ4v) is 3.61. The summed E-state index contributed by atoms with van der Waals surface area (Å²) in [7, 11) is 0. The van der Waals surface area contributed by atoms with Crippen molar-refractivity contribution in [2.24, 2.45) is 17.3 Å². The predicted molar refractivity (Wildman–Crippen MR) is 49.8 cm³/mol. The van der Waals surface area contributed by atoms with Crippen molar-refractivity contribution in [1.29, 1.82) is 0 Å². The Labute approximate surface area is 87.9 Å². The van der Waals surface area contributed by atoms with Gasteiger partial charge in [0.2, 0.25) is 0 Å². The summed E-state index contributed by atoms with van der Waals surface area (Å²) in [6.45, 7) is 3.38. The molecule has 2 bridgehead atoms. The van der Waals surface area contributed by atoms with Crippen LogP contribution < -0.4 is 0 Å². The normalized spacial score (nSPS) is 50.7. The Kier molecular flexibility index (Phi) is 1.56. The van der Waals surface area contributed by atoms with Crippen LogP contribution in [0.2, 0.25) is 0 Å². The lowest BCUT2D eigenvalue weighted by atomic mass is 9.75. The van der Waals surface area contributed by atoms with Crippen molar-refractivity contribution in [2.75, 3.05) is 0 Å². The van der Waals surface area contributed by atoms with Crippen LogP contribution in [-0.2, 0) is 19.1 Å². The van der Waals surface area contributed by atoms with Gasteiger partial charge in [-0.1, -0.05) is 0 Å². The van der Waals surface area contributed by atoms with Crippen LogP contribution in [0.5, 0.6) is 0 Å². The first-order valence-corrected chi connectivity index (χ1v) is 5.40. The number of carbonyl (C=O) groups is 2. The molecule has 15 heavy (non-hydrogen) atoms. The SMILES string of the molecule is CC(=O)OC1C2OC(=O)C3(C)C[C@@H]1CC23. The van der Waals surface area contributed by atoms with Crippen molar-refractivity contribution in [3.05, 3.63) is 0 Å². The average Bonchev–Trinajstić information content (AvgIpc) is 2.66. The van der Waals surface area contributed by atoms with Gasteiger partial charge >= 0.3 is 11.9 Å². The molecule has 0 spiro atoms. The second-order valence-corrected chi connectivity index (χ2v) is 5.17. The minimum Gasteiger partial charge on any atom is -0.458 e. The van der Waals surface area contributed by atoms with Crippen molar-refractivity contribution < 1.29 is 19.1 Å². The zero-order chi connectivity index (χ0) is 10.8. The summed E-state index contributed by atoms with van der Waals surface area (Å²) in [4.78, 5) is 22.6. The molecule has 82 valence electrons. The standard InChI is InChI=1S/C11H14O4/c1-5(12)14-8-6-3-7-9(8)15-10(13)11(7,2)4-6/h6-9H,3-4H2,1-2H3/t6-,7?,8?,9?,11?/m0/s1. The van der Waals surface area contributed by atoms with E-state index in [2.05, 4.69) is 0 Å². The van der Waals surface area contributed by atoms with E-state index in [1.807, 2.05) is 6.92 Å². The van der Waals surface area contributed by atoms with Crippen LogP contribution >= 0.6 is 0 Å². The van der Waals surface area contributed by atoms with Crippen LogP contribution in [0, 0.1) is 17.3 Å². The van der Waals surface area contributed by atoms with Crippen molar-refractivity contribution in [3.63, 3.8) is 0 Å². The lowest BCUT2D eigenvalue weighted by molar-refractivity contribution is -0.159. The Hall–Kier alpha value is -1.06. The van der Waals surface area contributed by atoms with E-state index in [1.165, 1.54) is 6.92 Å². The summed E-state index contributed by atoms with van der Waals surface area (Å²) in [5.41, 5.74) is -0.300. The van der Waals surface area contributed by atoms with E-state index in [4.69, 9.17) is 9.47 Å². The van der Waals surface area contributed by atoms with Crippen LogP contribution in [0.3, 0.4) is 0 Å². The molecule has 0 aromatic carbocycles. The molecule has 0 radical (unpaired) electrons. The molecule has 0 aromatic heterocycles. The average molecular weight is 210 g/mol. The number of ether oxygens (including phenoxy) is 2. The molecule has 3 fully saturated rings. The molecule has 3 rings (SSSR count). The number of hydrogen-bond donors (Lipinski definition) is 0. The van der Waals surface area contributed by atoms with Gasteiger partial charge in [-0.3, -0.25) is 9.59 Å². The maximum atomic E-state index is 11.7. The molecule has 4 unspecified atom stereocenters. The molecular formula is C11H14O4. The largest absolute Gasteiger partial charge is 0.458 e. The van der Waals surface area contributed by atoms with E-state index in [0.29, 0.717) is 5.92 Å². The van der Waals surface area contributed by atoms with Crippen molar-refractivity contribution >= 4 is 11.9 Å². The van der Waals surface area contributed by atoms with Gasteiger partial charge < -0.3 is 9.47 Å². The second-order valence-electron chi connectivity index (χ2n) is 5.17. The molecule has 2 saturated carbocycles. The van der Waals surface area contributed by atoms with Gasteiger partial charge in [0, 0.05) is 18.8 Å². The highest BCUT2D eigenvalue weighted by Gasteiger charge is 2.69. The Morgan fingerprint density at radius 1 is 1.60 bits per heavy atom. The Balaban J connectivity index is 1.90. The maximum absolute atomic E-state index is 11.7. The van der Waals surface area contributed by atoms with Gasteiger partial charge in [0.25, 0.3) is 0 Å². The molecule has 2 aliphatic carbocycles. The van der Waals surface area contributed by atoms with Crippen LogP contribution in [0.4, 0.5) is 0 Å². The van der Waals surface area contributed by atoms with E-state index >= 15 is 0 Å². The van der Waals surface area contributed by atoms with Gasteiger partial charge in [-0.2, -0.15) is 0 Å². The van der Waals surface area contributed by atoms with Crippen LogP contribution in [0.15, 0.2) is 0 Å². The molecular weight excluding hydrogens is 196 g/mol. The highest BCUT2D eigenvalue weighted by molar-refractivity contribution is 5.81. The molecule has 0 amide bonds. The van der Waals surface area contributed by atoms with E-state index in [0.717, 1.165) is 12.8 Å². The molecule has 4 nitrogen and oxygen atoms in total. The lowest BCUT2D eigenvalue weighted by Gasteiger charge is -2.28. The topological polar surface area (TPSA) is 52.6 Å². The van der Waals surface area contributed by atoms with E-state index in [1.54, 1.807) is 0 Å². The second kappa shape index (κ2) is 2.54. The van der Waals surface area contributed by atoms with Crippen LogP contribution in [0.1, 0.15) is 26.7 Å². The first-order valence-electron chi connectivity index (χ1n) is 5.40. The molecule has 3 aliphatic rings. The third kappa shape index (κ3) is 0.971. The number of carbonyl (C=O) groups excluding carboxylic acids is 2. The number of fused-ring (bicyclic) bond motifs is 1. The quantitative estimate of drug-likeness (QED) is 0.603. The molecule has 1 saturated heterocycles. The summed E-state index contributed by atoms with van der Waals surface area (Å²) in [6, 6.07) is 0. The lowest BCUT2D eigenvalue weighted by Crippen LogP contribution is -2.38. The molecule has 1 aliphatic heterocycles. The molecule has 4 heteroatoms. The van der Waals surface area contributed by atoms with Crippen LogP contribution in [-0.4, -0.2) is 24.1 Å². The molecule has 5 atom stereocenters. The number of rotatable bonds is 1. The first kappa shape index (κ1) is 9.19. The number of esters is 2. The summed E-state index contributed by atoms with van der Waals surface area (Å²) in [5.74, 6) is 0.201. The van der Waals surface area contributed by atoms with E-state index in [9.17, 15) is 9.59 Å². The smallest absolute Gasteiger partial charge is 0.312 e. The zero-order valence-corrected chi connectivity index (χ0v) is 8.86.